The number of likely N-dealkylation sites (tertiary alicyclic amines) is 1. The fourth-order valence-electron chi connectivity index (χ4n) is 2.90. The van der Waals surface area contributed by atoms with Crippen molar-refractivity contribution in [3.63, 3.8) is 0 Å². The molecule has 136 valence electrons. The zero-order chi connectivity index (χ0) is 18.4. The summed E-state index contributed by atoms with van der Waals surface area (Å²) in [5.74, 6) is 0.0873. The molecule has 0 saturated carbocycles. The van der Waals surface area contributed by atoms with Gasteiger partial charge in [0.15, 0.2) is 11.5 Å². The number of benzene rings is 1. The lowest BCUT2D eigenvalue weighted by atomic mass is 10.2. The standard InChI is InChI=1S/C19H22N4O3/c1-26-19(25)14-6-8-15(9-7-14)20-17-11-10-16(21-22-17)18(24)23-12-4-2-3-5-13-23/h6-11H,2-5,12-13H2,1H3,(H,20,22). The average Bonchev–Trinajstić information content (AvgIpc) is 2.97. The number of hydrogen-bond acceptors (Lipinski definition) is 6. The first kappa shape index (κ1) is 17.8. The van der Waals surface area contributed by atoms with E-state index >= 15 is 0 Å². The van der Waals surface area contributed by atoms with Gasteiger partial charge in [0, 0.05) is 18.8 Å². The van der Waals surface area contributed by atoms with Gasteiger partial charge in [-0.15, -0.1) is 10.2 Å². The van der Waals surface area contributed by atoms with Crippen LogP contribution in [0.2, 0.25) is 0 Å². The summed E-state index contributed by atoms with van der Waals surface area (Å²) >= 11 is 0. The minimum Gasteiger partial charge on any atom is -0.465 e. The summed E-state index contributed by atoms with van der Waals surface area (Å²) < 4.78 is 4.67. The van der Waals surface area contributed by atoms with Crippen LogP contribution in [-0.4, -0.2) is 47.2 Å². The van der Waals surface area contributed by atoms with Crippen molar-refractivity contribution in [1.29, 1.82) is 0 Å². The van der Waals surface area contributed by atoms with Crippen molar-refractivity contribution in [2.75, 3.05) is 25.5 Å². The van der Waals surface area contributed by atoms with Crippen molar-refractivity contribution >= 4 is 23.4 Å². The van der Waals surface area contributed by atoms with Crippen LogP contribution < -0.4 is 5.32 Å². The summed E-state index contributed by atoms with van der Waals surface area (Å²) in [5.41, 5.74) is 1.60. The summed E-state index contributed by atoms with van der Waals surface area (Å²) in [6.07, 6.45) is 4.43. The third-order valence-electron chi connectivity index (χ3n) is 4.36. The molecule has 2 heterocycles. The van der Waals surface area contributed by atoms with Crippen molar-refractivity contribution in [2.45, 2.75) is 25.7 Å². The van der Waals surface area contributed by atoms with Gasteiger partial charge in [0.2, 0.25) is 0 Å². The Balaban J connectivity index is 1.63. The van der Waals surface area contributed by atoms with E-state index in [2.05, 4.69) is 20.3 Å². The monoisotopic (exact) mass is 354 g/mol. The van der Waals surface area contributed by atoms with Gasteiger partial charge in [-0.1, -0.05) is 12.8 Å². The molecule has 1 aliphatic rings. The number of carbonyl (C=O) groups excluding carboxylic acids is 2. The number of esters is 1. The highest BCUT2D eigenvalue weighted by Gasteiger charge is 2.18. The number of hydrogen-bond donors (Lipinski definition) is 1. The Kier molecular flexibility index (Phi) is 5.78. The Bertz CT molecular complexity index is 751. The molecule has 1 N–H and O–H groups in total. The van der Waals surface area contributed by atoms with Crippen molar-refractivity contribution in [3.8, 4) is 0 Å². The predicted octanol–water partition coefficient (Wildman–Crippen LogP) is 3.02. The largest absolute Gasteiger partial charge is 0.465 e. The molecule has 1 aliphatic heterocycles. The van der Waals surface area contributed by atoms with Crippen LogP contribution in [0.3, 0.4) is 0 Å². The first-order valence-corrected chi connectivity index (χ1v) is 8.76. The number of nitrogens with one attached hydrogen (secondary N) is 1. The van der Waals surface area contributed by atoms with Crippen molar-refractivity contribution in [1.82, 2.24) is 15.1 Å². The molecule has 1 fully saturated rings. The van der Waals surface area contributed by atoms with E-state index in [-0.39, 0.29) is 11.9 Å². The predicted molar refractivity (Wildman–Crippen MR) is 97.5 cm³/mol. The van der Waals surface area contributed by atoms with E-state index in [4.69, 9.17) is 0 Å². The van der Waals surface area contributed by atoms with Crippen molar-refractivity contribution in [2.24, 2.45) is 0 Å². The SMILES string of the molecule is COC(=O)c1ccc(Nc2ccc(C(=O)N3CCCCCC3)nn2)cc1. The van der Waals surface area contributed by atoms with E-state index < -0.39 is 0 Å². The third-order valence-corrected chi connectivity index (χ3v) is 4.36. The summed E-state index contributed by atoms with van der Waals surface area (Å²) in [6, 6.07) is 10.3. The number of ether oxygens (including phenoxy) is 1. The van der Waals surface area contributed by atoms with Crippen LogP contribution in [0.25, 0.3) is 0 Å². The molecule has 0 radical (unpaired) electrons. The van der Waals surface area contributed by atoms with E-state index in [1.807, 2.05) is 4.90 Å². The number of anilines is 2. The molecule has 1 amide bonds. The van der Waals surface area contributed by atoms with Gasteiger partial charge in [-0.25, -0.2) is 4.79 Å². The lowest BCUT2D eigenvalue weighted by molar-refractivity contribution is 0.0600. The van der Waals surface area contributed by atoms with Crippen LogP contribution in [0.5, 0.6) is 0 Å². The lowest BCUT2D eigenvalue weighted by Gasteiger charge is -2.19. The van der Waals surface area contributed by atoms with E-state index in [9.17, 15) is 9.59 Å². The van der Waals surface area contributed by atoms with E-state index in [0.717, 1.165) is 31.6 Å². The molecule has 1 aromatic heterocycles. The Morgan fingerprint density at radius 2 is 1.65 bits per heavy atom. The number of aromatic nitrogens is 2. The smallest absolute Gasteiger partial charge is 0.337 e. The molecule has 1 aromatic carbocycles. The van der Waals surface area contributed by atoms with Crippen LogP contribution in [0.15, 0.2) is 36.4 Å². The number of rotatable bonds is 4. The minimum absolute atomic E-state index is 0.0617. The number of carbonyl (C=O) groups is 2. The fraction of sp³-hybridized carbons (Fsp3) is 0.368. The van der Waals surface area contributed by atoms with Crippen molar-refractivity contribution < 1.29 is 14.3 Å². The zero-order valence-electron chi connectivity index (χ0n) is 14.8. The topological polar surface area (TPSA) is 84.4 Å². The normalized spacial score (nSPS) is 14.4. The maximum atomic E-state index is 12.5. The summed E-state index contributed by atoms with van der Waals surface area (Å²) in [7, 11) is 1.35. The van der Waals surface area contributed by atoms with Crippen LogP contribution in [-0.2, 0) is 4.74 Å². The van der Waals surface area contributed by atoms with E-state index in [0.29, 0.717) is 17.1 Å². The van der Waals surface area contributed by atoms with Gasteiger partial charge >= 0.3 is 5.97 Å². The Labute approximate surface area is 152 Å². The summed E-state index contributed by atoms with van der Waals surface area (Å²) in [5, 5.41) is 11.2. The van der Waals surface area contributed by atoms with Gasteiger partial charge in [0.05, 0.1) is 12.7 Å². The molecule has 7 heteroatoms. The first-order chi connectivity index (χ1) is 12.7. The van der Waals surface area contributed by atoms with Crippen LogP contribution in [0.1, 0.15) is 46.5 Å². The van der Waals surface area contributed by atoms with Gasteiger partial charge in [-0.05, 0) is 49.2 Å². The second-order valence-electron chi connectivity index (χ2n) is 6.20. The molecule has 0 unspecified atom stereocenters. The molecular formula is C19H22N4O3. The highest BCUT2D eigenvalue weighted by Crippen LogP contribution is 2.16. The lowest BCUT2D eigenvalue weighted by Crippen LogP contribution is -2.32. The zero-order valence-corrected chi connectivity index (χ0v) is 14.8. The molecule has 7 nitrogen and oxygen atoms in total. The Hall–Kier alpha value is -2.96. The quantitative estimate of drug-likeness (QED) is 0.850. The van der Waals surface area contributed by atoms with E-state index in [1.165, 1.54) is 20.0 Å². The van der Waals surface area contributed by atoms with Gasteiger partial charge in [0.25, 0.3) is 5.91 Å². The van der Waals surface area contributed by atoms with Gasteiger partial charge < -0.3 is 15.0 Å². The van der Waals surface area contributed by atoms with Crippen LogP contribution >= 0.6 is 0 Å². The first-order valence-electron chi connectivity index (χ1n) is 8.76. The van der Waals surface area contributed by atoms with Crippen LogP contribution in [0, 0.1) is 0 Å². The number of amides is 1. The molecule has 2 aromatic rings. The fourth-order valence-corrected chi connectivity index (χ4v) is 2.90. The molecule has 26 heavy (non-hydrogen) atoms. The molecule has 0 spiro atoms. The minimum atomic E-state index is -0.382. The molecule has 3 rings (SSSR count). The average molecular weight is 354 g/mol. The molecule has 0 atom stereocenters. The molecular weight excluding hydrogens is 332 g/mol. The number of nitrogens with zero attached hydrogens (tertiary/aromatic N) is 3. The Morgan fingerprint density at radius 1 is 0.962 bits per heavy atom. The van der Waals surface area contributed by atoms with Crippen molar-refractivity contribution in [3.05, 3.63) is 47.7 Å². The van der Waals surface area contributed by atoms with Gasteiger partial charge in [-0.2, -0.15) is 0 Å². The number of methoxy groups -OCH3 is 1. The summed E-state index contributed by atoms with van der Waals surface area (Å²) in [4.78, 5) is 25.8. The van der Waals surface area contributed by atoms with Gasteiger partial charge in [0.1, 0.15) is 0 Å². The summed E-state index contributed by atoms with van der Waals surface area (Å²) in [6.45, 7) is 1.57. The maximum absolute atomic E-state index is 12.5. The second kappa shape index (κ2) is 8.42. The van der Waals surface area contributed by atoms with E-state index in [1.54, 1.807) is 36.4 Å². The Morgan fingerprint density at radius 3 is 2.23 bits per heavy atom. The molecule has 0 aliphatic carbocycles. The molecule has 1 saturated heterocycles. The van der Waals surface area contributed by atoms with Gasteiger partial charge in [-0.3, -0.25) is 4.79 Å². The highest BCUT2D eigenvalue weighted by atomic mass is 16.5. The van der Waals surface area contributed by atoms with Crippen LogP contribution in [0.4, 0.5) is 11.5 Å². The molecule has 0 bridgehead atoms. The highest BCUT2D eigenvalue weighted by molar-refractivity contribution is 5.92. The second-order valence-corrected chi connectivity index (χ2v) is 6.20. The third kappa shape index (κ3) is 4.36. The maximum Gasteiger partial charge on any atom is 0.337 e.